The zero-order valence-corrected chi connectivity index (χ0v) is 23.3. The van der Waals surface area contributed by atoms with Gasteiger partial charge in [0, 0.05) is 11.6 Å². The van der Waals surface area contributed by atoms with E-state index in [9.17, 15) is 17.6 Å². The number of halogens is 2. The number of carbonyl (C=O) groups is 1. The Kier molecular flexibility index (Phi) is 9.63. The summed E-state index contributed by atoms with van der Waals surface area (Å²) in [5.41, 5.74) is 1.95. The minimum Gasteiger partial charge on any atom is -0.494 e. The fourth-order valence-corrected chi connectivity index (χ4v) is 5.31. The molecule has 4 aromatic carbocycles. The van der Waals surface area contributed by atoms with Crippen molar-refractivity contribution in [1.29, 1.82) is 0 Å². The van der Waals surface area contributed by atoms with Gasteiger partial charge in [0.05, 0.1) is 17.2 Å². The van der Waals surface area contributed by atoms with Crippen molar-refractivity contribution in [1.82, 2.24) is 5.32 Å². The molecule has 0 saturated heterocycles. The molecule has 0 aliphatic rings. The maximum atomic E-state index is 13.5. The number of hydrogen-bond acceptors (Lipinski definition) is 5. The smallest absolute Gasteiger partial charge is 0.264 e. The van der Waals surface area contributed by atoms with E-state index in [2.05, 4.69) is 5.32 Å². The molecule has 4 rings (SSSR count). The fourth-order valence-electron chi connectivity index (χ4n) is 3.76. The molecule has 0 aliphatic carbocycles. The second-order valence-electron chi connectivity index (χ2n) is 8.73. The zero-order valence-electron chi connectivity index (χ0n) is 21.7. The molecule has 0 aromatic heterocycles. The minimum absolute atomic E-state index is 0.00908. The number of carbonyl (C=O) groups excluding carboxylic acids is 1. The molecule has 0 unspecified atom stereocenters. The Bertz CT molecular complexity index is 1510. The minimum atomic E-state index is -4.08. The van der Waals surface area contributed by atoms with E-state index in [1.807, 2.05) is 6.92 Å². The fraction of sp³-hybridized carbons (Fsp3) is 0.167. The summed E-state index contributed by atoms with van der Waals surface area (Å²) in [6.45, 7) is 2.37. The lowest BCUT2D eigenvalue weighted by Gasteiger charge is -2.24. The van der Waals surface area contributed by atoms with Crippen LogP contribution in [-0.2, 0) is 28.0 Å². The van der Waals surface area contributed by atoms with E-state index in [1.54, 1.807) is 60.7 Å². The van der Waals surface area contributed by atoms with E-state index in [0.29, 0.717) is 35.4 Å². The predicted molar refractivity (Wildman–Crippen MR) is 153 cm³/mol. The van der Waals surface area contributed by atoms with Crippen LogP contribution in [0, 0.1) is 5.82 Å². The van der Waals surface area contributed by atoms with Gasteiger partial charge < -0.3 is 14.8 Å². The van der Waals surface area contributed by atoms with Gasteiger partial charge in [0.2, 0.25) is 5.91 Å². The van der Waals surface area contributed by atoms with Crippen molar-refractivity contribution in [3.8, 4) is 11.5 Å². The third-order valence-corrected chi connectivity index (χ3v) is 7.90. The topological polar surface area (TPSA) is 84.9 Å². The standard InChI is InChI=1S/C30H28ClFN2O5S/c1-2-38-27-15-11-26(12-16-27)34(40(36,37)29-17-7-24(31)8-18-29)20-30(35)33-19-22-5-13-28(14-6-22)39-21-23-3-9-25(32)10-4-23/h3-18H,2,19-21H2,1H3,(H,33,35). The maximum absolute atomic E-state index is 13.5. The number of nitrogens with one attached hydrogen (secondary N) is 1. The predicted octanol–water partition coefficient (Wildman–Crippen LogP) is 5.97. The number of benzene rings is 4. The van der Waals surface area contributed by atoms with Gasteiger partial charge >= 0.3 is 0 Å². The molecule has 0 bridgehead atoms. The number of anilines is 1. The molecule has 40 heavy (non-hydrogen) atoms. The van der Waals surface area contributed by atoms with Crippen LogP contribution < -0.4 is 19.1 Å². The van der Waals surface area contributed by atoms with Crippen molar-refractivity contribution >= 4 is 33.2 Å². The van der Waals surface area contributed by atoms with Gasteiger partial charge in [0.25, 0.3) is 10.0 Å². The zero-order chi connectivity index (χ0) is 28.5. The highest BCUT2D eigenvalue weighted by Crippen LogP contribution is 2.26. The second kappa shape index (κ2) is 13.3. The number of amides is 1. The SMILES string of the molecule is CCOc1ccc(N(CC(=O)NCc2ccc(OCc3ccc(F)cc3)cc2)S(=O)(=O)c2ccc(Cl)cc2)cc1. The summed E-state index contributed by atoms with van der Waals surface area (Å²) in [6.07, 6.45) is 0. The average Bonchev–Trinajstić information content (AvgIpc) is 2.96. The van der Waals surface area contributed by atoms with Gasteiger partial charge in [-0.15, -0.1) is 0 Å². The van der Waals surface area contributed by atoms with Crippen molar-refractivity contribution < 1.29 is 27.1 Å². The summed E-state index contributed by atoms with van der Waals surface area (Å²) >= 11 is 5.94. The Morgan fingerprint density at radius 1 is 0.825 bits per heavy atom. The Morgan fingerprint density at radius 3 is 2.02 bits per heavy atom. The number of ether oxygens (including phenoxy) is 2. The third kappa shape index (κ3) is 7.74. The normalized spacial score (nSPS) is 11.1. The summed E-state index contributed by atoms with van der Waals surface area (Å²) in [5, 5.41) is 3.18. The Hall–Kier alpha value is -4.08. The third-order valence-electron chi connectivity index (χ3n) is 5.86. The monoisotopic (exact) mass is 582 g/mol. The van der Waals surface area contributed by atoms with Crippen LogP contribution in [0.1, 0.15) is 18.1 Å². The lowest BCUT2D eigenvalue weighted by Crippen LogP contribution is -2.40. The molecule has 0 aliphatic heterocycles. The highest BCUT2D eigenvalue weighted by atomic mass is 35.5. The van der Waals surface area contributed by atoms with Gasteiger partial charge in [-0.1, -0.05) is 35.9 Å². The number of rotatable bonds is 12. The van der Waals surface area contributed by atoms with E-state index in [1.165, 1.54) is 36.4 Å². The summed E-state index contributed by atoms with van der Waals surface area (Å²) < 4.78 is 52.3. The quantitative estimate of drug-likeness (QED) is 0.222. The highest BCUT2D eigenvalue weighted by Gasteiger charge is 2.27. The van der Waals surface area contributed by atoms with Crippen molar-refractivity contribution in [3.05, 3.63) is 119 Å². The van der Waals surface area contributed by atoms with Crippen LogP contribution in [0.3, 0.4) is 0 Å². The van der Waals surface area contributed by atoms with Gasteiger partial charge in [0.15, 0.2) is 0 Å². The molecule has 0 radical (unpaired) electrons. The van der Waals surface area contributed by atoms with Crippen molar-refractivity contribution in [2.45, 2.75) is 25.0 Å². The largest absolute Gasteiger partial charge is 0.494 e. The molecule has 0 saturated carbocycles. The van der Waals surface area contributed by atoms with Crippen LogP contribution in [0.15, 0.2) is 102 Å². The summed E-state index contributed by atoms with van der Waals surface area (Å²) in [6, 6.07) is 25.5. The first-order valence-corrected chi connectivity index (χ1v) is 14.3. The lowest BCUT2D eigenvalue weighted by atomic mass is 10.2. The van der Waals surface area contributed by atoms with Gasteiger partial charge in [-0.2, -0.15) is 0 Å². The molecule has 10 heteroatoms. The Morgan fingerprint density at radius 2 is 1.40 bits per heavy atom. The van der Waals surface area contributed by atoms with Crippen LogP contribution in [0.5, 0.6) is 11.5 Å². The molecule has 0 fully saturated rings. The van der Waals surface area contributed by atoms with Crippen LogP contribution in [0.2, 0.25) is 5.02 Å². The van der Waals surface area contributed by atoms with Gasteiger partial charge in [0.1, 0.15) is 30.5 Å². The summed E-state index contributed by atoms with van der Waals surface area (Å²) in [5.74, 6) is 0.420. The molecule has 1 N–H and O–H groups in total. The van der Waals surface area contributed by atoms with E-state index in [0.717, 1.165) is 15.4 Å². The van der Waals surface area contributed by atoms with Crippen LogP contribution in [0.25, 0.3) is 0 Å². The Labute approximate surface area is 238 Å². The second-order valence-corrected chi connectivity index (χ2v) is 11.0. The van der Waals surface area contributed by atoms with E-state index in [4.69, 9.17) is 21.1 Å². The van der Waals surface area contributed by atoms with Gasteiger partial charge in [-0.05, 0) is 90.8 Å². The van der Waals surface area contributed by atoms with Crippen molar-refractivity contribution in [2.24, 2.45) is 0 Å². The lowest BCUT2D eigenvalue weighted by molar-refractivity contribution is -0.119. The van der Waals surface area contributed by atoms with Crippen LogP contribution >= 0.6 is 11.6 Å². The molecule has 1 amide bonds. The van der Waals surface area contributed by atoms with Crippen LogP contribution in [-0.4, -0.2) is 27.5 Å². The molecule has 208 valence electrons. The molecule has 0 atom stereocenters. The molecule has 4 aromatic rings. The van der Waals surface area contributed by atoms with Crippen molar-refractivity contribution in [2.75, 3.05) is 17.5 Å². The number of hydrogen-bond donors (Lipinski definition) is 1. The van der Waals surface area contributed by atoms with Gasteiger partial charge in [-0.3, -0.25) is 9.10 Å². The number of sulfonamides is 1. The summed E-state index contributed by atoms with van der Waals surface area (Å²) in [7, 11) is -4.08. The number of nitrogens with zero attached hydrogens (tertiary/aromatic N) is 1. The first-order valence-electron chi connectivity index (χ1n) is 12.5. The average molecular weight is 583 g/mol. The Balaban J connectivity index is 1.41. The van der Waals surface area contributed by atoms with E-state index in [-0.39, 0.29) is 17.3 Å². The molecule has 7 nitrogen and oxygen atoms in total. The molecule has 0 heterocycles. The molecule has 0 spiro atoms. The first-order chi connectivity index (χ1) is 19.2. The maximum Gasteiger partial charge on any atom is 0.264 e. The molecular formula is C30H28ClFN2O5S. The van der Waals surface area contributed by atoms with E-state index >= 15 is 0 Å². The first kappa shape index (κ1) is 28.9. The highest BCUT2D eigenvalue weighted by molar-refractivity contribution is 7.92. The van der Waals surface area contributed by atoms with Crippen molar-refractivity contribution in [3.63, 3.8) is 0 Å². The van der Waals surface area contributed by atoms with Gasteiger partial charge in [-0.25, -0.2) is 12.8 Å². The molecular weight excluding hydrogens is 555 g/mol. The van der Waals surface area contributed by atoms with E-state index < -0.39 is 22.5 Å². The van der Waals surface area contributed by atoms with Crippen LogP contribution in [0.4, 0.5) is 10.1 Å². The summed E-state index contributed by atoms with van der Waals surface area (Å²) in [4.78, 5) is 12.9.